The molecule has 0 radical (unpaired) electrons. The van der Waals surface area contributed by atoms with E-state index in [9.17, 15) is 14.7 Å². The minimum Gasteiger partial charge on any atom is -0.505 e. The van der Waals surface area contributed by atoms with Crippen LogP contribution >= 0.6 is 0 Å². The Morgan fingerprint density at radius 2 is 1.58 bits per heavy atom. The molecule has 0 atom stereocenters. The van der Waals surface area contributed by atoms with E-state index in [-0.39, 0.29) is 31.3 Å². The SMILES string of the molecule is Cc1cc(CN(C)c2ccc(C3COC(=O)CC(=O)OC3)cc2)c(O)c(-n2nc3ccccc3n2)c1. The summed E-state index contributed by atoms with van der Waals surface area (Å²) >= 11 is 0. The fraction of sp³-hybridized carbons (Fsp3) is 0.259. The first-order valence-corrected chi connectivity index (χ1v) is 11.6. The van der Waals surface area contributed by atoms with E-state index in [2.05, 4.69) is 10.2 Å². The molecule has 1 aromatic heterocycles. The number of hydrogen-bond donors (Lipinski definition) is 1. The van der Waals surface area contributed by atoms with Crippen molar-refractivity contribution in [2.75, 3.05) is 25.2 Å². The Balaban J connectivity index is 1.34. The van der Waals surface area contributed by atoms with E-state index in [0.717, 1.165) is 33.4 Å². The highest BCUT2D eigenvalue weighted by atomic mass is 16.6. The van der Waals surface area contributed by atoms with Crippen molar-refractivity contribution in [3.05, 3.63) is 77.4 Å². The van der Waals surface area contributed by atoms with Crippen LogP contribution in [-0.2, 0) is 25.6 Å². The van der Waals surface area contributed by atoms with Crippen molar-refractivity contribution in [2.24, 2.45) is 0 Å². The summed E-state index contributed by atoms with van der Waals surface area (Å²) in [7, 11) is 1.94. The maximum absolute atomic E-state index is 11.6. The number of nitrogens with zero attached hydrogens (tertiary/aromatic N) is 4. The third kappa shape index (κ3) is 4.86. The van der Waals surface area contributed by atoms with E-state index in [1.807, 2.05) is 79.5 Å². The molecule has 0 unspecified atom stereocenters. The Bertz CT molecular complexity index is 1380. The molecule has 9 heteroatoms. The number of cyclic esters (lactones) is 2. The number of carbonyl (C=O) groups is 2. The molecule has 1 aliphatic rings. The van der Waals surface area contributed by atoms with E-state index in [4.69, 9.17) is 9.47 Å². The average Bonchev–Trinajstić information content (AvgIpc) is 3.29. The van der Waals surface area contributed by atoms with E-state index < -0.39 is 11.9 Å². The molecular formula is C27H26N4O5. The van der Waals surface area contributed by atoms with Crippen LogP contribution in [0.2, 0.25) is 0 Å². The van der Waals surface area contributed by atoms with Gasteiger partial charge in [-0.15, -0.1) is 15.0 Å². The number of ether oxygens (including phenoxy) is 2. The number of anilines is 1. The van der Waals surface area contributed by atoms with Gasteiger partial charge in [0, 0.05) is 24.8 Å². The summed E-state index contributed by atoms with van der Waals surface area (Å²) in [6, 6.07) is 19.1. The van der Waals surface area contributed by atoms with Gasteiger partial charge in [-0.05, 0) is 48.4 Å². The monoisotopic (exact) mass is 486 g/mol. The standard InChI is InChI=1S/C27H26N4O5/c1-17-11-19(27(34)24(12-17)31-28-22-5-3-4-6-23(22)29-31)14-30(2)21-9-7-18(8-10-21)20-15-35-25(32)13-26(33)36-16-20/h3-12,20,34H,13-16H2,1-2H3. The lowest BCUT2D eigenvalue weighted by atomic mass is 10.00. The molecule has 1 fully saturated rings. The van der Waals surface area contributed by atoms with Gasteiger partial charge < -0.3 is 19.5 Å². The molecule has 5 rings (SSSR count). The molecule has 1 saturated heterocycles. The Hall–Kier alpha value is -4.40. The lowest BCUT2D eigenvalue weighted by molar-refractivity contribution is -0.159. The van der Waals surface area contributed by atoms with Crippen molar-refractivity contribution < 1.29 is 24.2 Å². The van der Waals surface area contributed by atoms with E-state index in [1.165, 1.54) is 4.80 Å². The fourth-order valence-corrected chi connectivity index (χ4v) is 4.27. The maximum atomic E-state index is 11.6. The summed E-state index contributed by atoms with van der Waals surface area (Å²) in [4.78, 5) is 26.7. The van der Waals surface area contributed by atoms with Crippen molar-refractivity contribution in [2.45, 2.75) is 25.8 Å². The van der Waals surface area contributed by atoms with Gasteiger partial charge in [0.05, 0.1) is 5.92 Å². The lowest BCUT2D eigenvalue weighted by Crippen LogP contribution is -2.25. The molecule has 0 saturated carbocycles. The molecular weight excluding hydrogens is 460 g/mol. The molecule has 4 aromatic rings. The summed E-state index contributed by atoms with van der Waals surface area (Å²) in [5, 5.41) is 20.1. The molecule has 0 bridgehead atoms. The van der Waals surface area contributed by atoms with Gasteiger partial charge in [-0.1, -0.05) is 30.3 Å². The number of benzene rings is 3. The number of hydrogen-bond acceptors (Lipinski definition) is 8. The quantitative estimate of drug-likeness (QED) is 0.337. The topological polar surface area (TPSA) is 107 Å². The van der Waals surface area contributed by atoms with Gasteiger partial charge >= 0.3 is 11.9 Å². The van der Waals surface area contributed by atoms with Crippen LogP contribution in [0, 0.1) is 6.92 Å². The summed E-state index contributed by atoms with van der Waals surface area (Å²) in [6.45, 7) is 2.76. The number of carbonyl (C=O) groups excluding carboxylic acids is 2. The zero-order chi connectivity index (χ0) is 25.2. The zero-order valence-electron chi connectivity index (χ0n) is 20.0. The largest absolute Gasteiger partial charge is 0.505 e. The molecule has 0 aliphatic carbocycles. The van der Waals surface area contributed by atoms with Gasteiger partial charge in [-0.25, -0.2) is 0 Å². The van der Waals surface area contributed by atoms with Crippen molar-refractivity contribution in [3.8, 4) is 11.4 Å². The minimum absolute atomic E-state index is 0.127. The van der Waals surface area contributed by atoms with Crippen molar-refractivity contribution in [1.82, 2.24) is 15.0 Å². The van der Waals surface area contributed by atoms with Gasteiger partial charge in [0.2, 0.25) is 0 Å². The first kappa shape index (κ1) is 23.3. The molecule has 9 nitrogen and oxygen atoms in total. The van der Waals surface area contributed by atoms with E-state index in [1.54, 1.807) is 0 Å². The summed E-state index contributed by atoms with van der Waals surface area (Å²) in [5.41, 5.74) is 5.61. The molecule has 1 N–H and O–H groups in total. The Morgan fingerprint density at radius 3 is 2.19 bits per heavy atom. The smallest absolute Gasteiger partial charge is 0.317 e. The molecule has 184 valence electrons. The van der Waals surface area contributed by atoms with E-state index in [0.29, 0.717) is 12.2 Å². The van der Waals surface area contributed by atoms with Crippen molar-refractivity contribution in [3.63, 3.8) is 0 Å². The van der Waals surface area contributed by atoms with Crippen LogP contribution in [0.4, 0.5) is 5.69 Å². The highest BCUT2D eigenvalue weighted by Gasteiger charge is 2.23. The summed E-state index contributed by atoms with van der Waals surface area (Å²) in [6.07, 6.45) is -0.350. The maximum Gasteiger partial charge on any atom is 0.317 e. The zero-order valence-corrected chi connectivity index (χ0v) is 20.0. The number of aromatic nitrogens is 3. The van der Waals surface area contributed by atoms with Crippen LogP contribution in [0.1, 0.15) is 29.0 Å². The Labute approximate surface area is 207 Å². The van der Waals surface area contributed by atoms with Gasteiger partial charge in [0.1, 0.15) is 42.1 Å². The Morgan fingerprint density at radius 1 is 0.972 bits per heavy atom. The molecule has 36 heavy (non-hydrogen) atoms. The van der Waals surface area contributed by atoms with Gasteiger partial charge in [-0.3, -0.25) is 9.59 Å². The van der Waals surface area contributed by atoms with Crippen LogP contribution in [-0.4, -0.2) is 52.3 Å². The number of rotatable bonds is 5. The van der Waals surface area contributed by atoms with Crippen molar-refractivity contribution >= 4 is 28.7 Å². The number of aryl methyl sites for hydroxylation is 1. The first-order valence-electron chi connectivity index (χ1n) is 11.6. The second kappa shape index (κ2) is 9.69. The van der Waals surface area contributed by atoms with Crippen LogP contribution in [0.3, 0.4) is 0 Å². The Kier molecular flexibility index (Phi) is 6.28. The lowest BCUT2D eigenvalue weighted by Gasteiger charge is -2.23. The third-order valence-corrected chi connectivity index (χ3v) is 6.21. The van der Waals surface area contributed by atoms with Crippen LogP contribution in [0.5, 0.6) is 5.75 Å². The highest BCUT2D eigenvalue weighted by molar-refractivity contribution is 5.91. The third-order valence-electron chi connectivity index (χ3n) is 6.21. The molecule has 0 amide bonds. The fourth-order valence-electron chi connectivity index (χ4n) is 4.27. The van der Waals surface area contributed by atoms with Crippen LogP contribution in [0.15, 0.2) is 60.7 Å². The van der Waals surface area contributed by atoms with Crippen LogP contribution in [0.25, 0.3) is 16.7 Å². The highest BCUT2D eigenvalue weighted by Crippen LogP contribution is 2.30. The average molecular weight is 487 g/mol. The minimum atomic E-state index is -0.572. The second-order valence-corrected chi connectivity index (χ2v) is 8.96. The molecule has 0 spiro atoms. The van der Waals surface area contributed by atoms with Crippen LogP contribution < -0.4 is 4.90 Å². The summed E-state index contributed by atoms with van der Waals surface area (Å²) in [5.74, 6) is -1.24. The molecule has 3 aromatic carbocycles. The summed E-state index contributed by atoms with van der Waals surface area (Å²) < 4.78 is 10.4. The molecule has 1 aliphatic heterocycles. The van der Waals surface area contributed by atoms with Gasteiger partial charge in [0.25, 0.3) is 0 Å². The number of phenolic OH excluding ortho intramolecular Hbond substituents is 1. The second-order valence-electron chi connectivity index (χ2n) is 8.96. The van der Waals surface area contributed by atoms with E-state index >= 15 is 0 Å². The number of aromatic hydroxyl groups is 1. The predicted octanol–water partition coefficient (Wildman–Crippen LogP) is 3.64. The molecule has 2 heterocycles. The van der Waals surface area contributed by atoms with Gasteiger partial charge in [-0.2, -0.15) is 0 Å². The van der Waals surface area contributed by atoms with Gasteiger partial charge in [0.15, 0.2) is 0 Å². The van der Waals surface area contributed by atoms with Crippen molar-refractivity contribution in [1.29, 1.82) is 0 Å². The number of phenols is 1. The predicted molar refractivity (Wildman–Crippen MR) is 133 cm³/mol. The normalized spacial score (nSPS) is 14.7. The first-order chi connectivity index (χ1) is 17.4. The number of esters is 2. The number of fused-ring (bicyclic) bond motifs is 1.